The van der Waals surface area contributed by atoms with Gasteiger partial charge in [-0.3, -0.25) is 0 Å². The van der Waals surface area contributed by atoms with E-state index in [1.54, 1.807) is 6.07 Å². The maximum atomic E-state index is 13.2. The molecule has 0 aliphatic carbocycles. The second kappa shape index (κ2) is 7.83. The second-order valence-electron chi connectivity index (χ2n) is 7.04. The van der Waals surface area contributed by atoms with E-state index in [9.17, 15) is 9.18 Å². The van der Waals surface area contributed by atoms with Gasteiger partial charge in [0.05, 0.1) is 0 Å². The van der Waals surface area contributed by atoms with Crippen molar-refractivity contribution in [1.29, 1.82) is 0 Å². The molecular formula is C22H25FNO2+. The summed E-state index contributed by atoms with van der Waals surface area (Å²) in [6, 6.07) is 14.5. The molecule has 3 rings (SSSR count). The molecule has 0 radical (unpaired) electrons. The number of aryl methyl sites for hydroxylation is 1. The zero-order valence-electron chi connectivity index (χ0n) is 15.5. The molecule has 0 saturated heterocycles. The molecule has 1 aromatic heterocycles. The van der Waals surface area contributed by atoms with E-state index in [1.807, 2.05) is 24.3 Å². The van der Waals surface area contributed by atoms with Crippen LogP contribution in [0.15, 0.2) is 57.7 Å². The average Bonchev–Trinajstić information content (AvgIpc) is 2.62. The van der Waals surface area contributed by atoms with E-state index in [2.05, 4.69) is 32.2 Å². The van der Waals surface area contributed by atoms with Crippen LogP contribution in [-0.4, -0.2) is 0 Å². The zero-order valence-corrected chi connectivity index (χ0v) is 15.5. The summed E-state index contributed by atoms with van der Waals surface area (Å²) in [5.74, 6) is 0.146. The molecule has 0 saturated carbocycles. The highest BCUT2D eigenvalue weighted by Gasteiger charge is 2.20. The third-order valence-electron chi connectivity index (χ3n) is 4.87. The van der Waals surface area contributed by atoms with Gasteiger partial charge in [-0.1, -0.05) is 45.0 Å². The van der Waals surface area contributed by atoms with Crippen LogP contribution in [0.5, 0.6) is 0 Å². The summed E-state index contributed by atoms with van der Waals surface area (Å²) in [6.45, 7) is 7.03. The van der Waals surface area contributed by atoms with E-state index >= 15 is 0 Å². The summed E-state index contributed by atoms with van der Waals surface area (Å²) in [5, 5.41) is 3.18. The first-order valence-corrected chi connectivity index (χ1v) is 9.12. The van der Waals surface area contributed by atoms with Crippen LogP contribution >= 0.6 is 0 Å². The van der Waals surface area contributed by atoms with Gasteiger partial charge in [0.15, 0.2) is 0 Å². The fourth-order valence-corrected chi connectivity index (χ4v) is 3.40. The lowest BCUT2D eigenvalue weighted by Crippen LogP contribution is -2.84. The van der Waals surface area contributed by atoms with Crippen molar-refractivity contribution in [3.05, 3.63) is 81.5 Å². The van der Waals surface area contributed by atoms with Crippen molar-refractivity contribution < 1.29 is 14.1 Å². The standard InChI is InChI=1S/C22H24FNO2/c1-4-15-5-10-19-17(12-21(25)26-20(19)11-15)13-24-22(14(2)3)16-6-8-18(23)9-7-16/h5-12,14,22,24H,4,13H2,1-3H3/p+1/t22-/m0/s1. The highest BCUT2D eigenvalue weighted by atomic mass is 19.1. The largest absolute Gasteiger partial charge is 0.423 e. The maximum Gasteiger partial charge on any atom is 0.336 e. The summed E-state index contributed by atoms with van der Waals surface area (Å²) in [4.78, 5) is 12.0. The van der Waals surface area contributed by atoms with Gasteiger partial charge in [0.25, 0.3) is 0 Å². The molecule has 3 aromatic rings. The van der Waals surface area contributed by atoms with Crippen molar-refractivity contribution in [2.45, 2.75) is 39.8 Å². The third kappa shape index (κ3) is 4.02. The third-order valence-corrected chi connectivity index (χ3v) is 4.87. The molecule has 136 valence electrons. The zero-order chi connectivity index (χ0) is 18.7. The van der Waals surface area contributed by atoms with Crippen molar-refractivity contribution in [3.63, 3.8) is 0 Å². The number of nitrogens with two attached hydrogens (primary N) is 1. The van der Waals surface area contributed by atoms with E-state index < -0.39 is 0 Å². The van der Waals surface area contributed by atoms with Crippen LogP contribution in [0.2, 0.25) is 0 Å². The highest BCUT2D eigenvalue weighted by molar-refractivity contribution is 5.80. The van der Waals surface area contributed by atoms with E-state index in [4.69, 9.17) is 4.42 Å². The molecule has 0 unspecified atom stereocenters. The Balaban J connectivity index is 1.89. The van der Waals surface area contributed by atoms with Crippen LogP contribution in [0, 0.1) is 11.7 Å². The van der Waals surface area contributed by atoms with Gasteiger partial charge in [0.1, 0.15) is 24.0 Å². The average molecular weight is 354 g/mol. The number of hydrogen-bond donors (Lipinski definition) is 1. The van der Waals surface area contributed by atoms with E-state index in [-0.39, 0.29) is 17.5 Å². The van der Waals surface area contributed by atoms with Crippen molar-refractivity contribution in [2.75, 3.05) is 0 Å². The van der Waals surface area contributed by atoms with Crippen LogP contribution in [-0.2, 0) is 13.0 Å². The Morgan fingerprint density at radius 2 is 1.81 bits per heavy atom. The molecule has 4 heteroatoms. The fraction of sp³-hybridized carbons (Fsp3) is 0.318. The van der Waals surface area contributed by atoms with Crippen molar-refractivity contribution in [1.82, 2.24) is 0 Å². The minimum atomic E-state index is -0.322. The first kappa shape index (κ1) is 18.3. The van der Waals surface area contributed by atoms with E-state index in [0.29, 0.717) is 18.0 Å². The number of fused-ring (bicyclic) bond motifs is 1. The Morgan fingerprint density at radius 1 is 1.08 bits per heavy atom. The Labute approximate surface area is 152 Å². The molecule has 2 N–H and O–H groups in total. The molecule has 2 aromatic carbocycles. The molecule has 0 aliphatic rings. The SMILES string of the molecule is CCc1ccc2c(C[NH2+][C@H](c3ccc(F)cc3)C(C)C)cc(=O)oc2c1. The van der Waals surface area contributed by atoms with Gasteiger partial charge in [0.2, 0.25) is 0 Å². The summed E-state index contributed by atoms with van der Waals surface area (Å²) in [5.41, 5.74) is 3.52. The molecule has 0 amide bonds. The van der Waals surface area contributed by atoms with Crippen molar-refractivity contribution in [3.8, 4) is 0 Å². The Hall–Kier alpha value is -2.46. The monoisotopic (exact) mass is 354 g/mol. The summed E-state index contributed by atoms with van der Waals surface area (Å²) in [6.07, 6.45) is 0.899. The lowest BCUT2D eigenvalue weighted by atomic mass is 9.95. The first-order valence-electron chi connectivity index (χ1n) is 9.12. The molecular weight excluding hydrogens is 329 g/mol. The Morgan fingerprint density at radius 3 is 2.46 bits per heavy atom. The number of rotatable bonds is 6. The normalized spacial score (nSPS) is 12.7. The van der Waals surface area contributed by atoms with Gasteiger partial charge in [-0.15, -0.1) is 0 Å². The minimum absolute atomic E-state index is 0.188. The molecule has 1 heterocycles. The van der Waals surface area contributed by atoms with Crippen LogP contribution in [0.3, 0.4) is 0 Å². The van der Waals surface area contributed by atoms with Gasteiger partial charge in [0, 0.05) is 28.5 Å². The van der Waals surface area contributed by atoms with Gasteiger partial charge < -0.3 is 9.73 Å². The predicted molar refractivity (Wildman–Crippen MR) is 101 cm³/mol. The van der Waals surface area contributed by atoms with Crippen molar-refractivity contribution >= 4 is 11.0 Å². The lowest BCUT2D eigenvalue weighted by molar-refractivity contribution is -0.717. The van der Waals surface area contributed by atoms with Crippen LogP contribution in [0.4, 0.5) is 4.39 Å². The van der Waals surface area contributed by atoms with Crippen LogP contribution in [0.1, 0.15) is 43.5 Å². The van der Waals surface area contributed by atoms with Crippen LogP contribution in [0.25, 0.3) is 11.0 Å². The number of quaternary nitrogens is 1. The number of hydrogen-bond acceptors (Lipinski definition) is 2. The van der Waals surface area contributed by atoms with Gasteiger partial charge in [-0.25, -0.2) is 9.18 Å². The summed E-state index contributed by atoms with van der Waals surface area (Å²) < 4.78 is 18.6. The summed E-state index contributed by atoms with van der Waals surface area (Å²) in [7, 11) is 0. The Bertz CT molecular complexity index is 945. The fourth-order valence-electron chi connectivity index (χ4n) is 3.40. The molecule has 0 bridgehead atoms. The molecule has 26 heavy (non-hydrogen) atoms. The highest BCUT2D eigenvalue weighted by Crippen LogP contribution is 2.21. The summed E-state index contributed by atoms with van der Waals surface area (Å²) >= 11 is 0. The first-order chi connectivity index (χ1) is 12.5. The molecule has 3 nitrogen and oxygen atoms in total. The second-order valence-corrected chi connectivity index (χ2v) is 7.04. The van der Waals surface area contributed by atoms with E-state index in [0.717, 1.165) is 28.5 Å². The lowest BCUT2D eigenvalue weighted by Gasteiger charge is -2.20. The number of halogens is 1. The van der Waals surface area contributed by atoms with Gasteiger partial charge >= 0.3 is 5.63 Å². The molecule has 0 spiro atoms. The predicted octanol–water partition coefficient (Wildman–Crippen LogP) is 3.96. The maximum absolute atomic E-state index is 13.2. The topological polar surface area (TPSA) is 46.8 Å². The van der Waals surface area contributed by atoms with Crippen LogP contribution < -0.4 is 10.9 Å². The number of benzene rings is 2. The molecule has 0 aliphatic heterocycles. The van der Waals surface area contributed by atoms with Crippen molar-refractivity contribution in [2.24, 2.45) is 5.92 Å². The minimum Gasteiger partial charge on any atom is -0.423 e. The van der Waals surface area contributed by atoms with E-state index in [1.165, 1.54) is 12.1 Å². The Kier molecular flexibility index (Phi) is 5.52. The molecule has 0 fully saturated rings. The van der Waals surface area contributed by atoms with Gasteiger partial charge in [-0.2, -0.15) is 0 Å². The quantitative estimate of drug-likeness (QED) is 0.681. The van der Waals surface area contributed by atoms with Gasteiger partial charge in [-0.05, 0) is 30.2 Å². The smallest absolute Gasteiger partial charge is 0.336 e. The molecule has 1 atom stereocenters.